The Balaban J connectivity index is 1.17. The van der Waals surface area contributed by atoms with Gasteiger partial charge >= 0.3 is 0 Å². The fourth-order valence-corrected chi connectivity index (χ4v) is 5.35. The van der Waals surface area contributed by atoms with E-state index in [-0.39, 0.29) is 0 Å². The van der Waals surface area contributed by atoms with Gasteiger partial charge in [-0.2, -0.15) is 0 Å². The molecule has 4 heteroatoms. The van der Waals surface area contributed by atoms with Gasteiger partial charge in [0.1, 0.15) is 11.0 Å². The van der Waals surface area contributed by atoms with E-state index >= 15 is 0 Å². The van der Waals surface area contributed by atoms with Crippen molar-refractivity contribution < 1.29 is 8.83 Å². The zero-order valence-corrected chi connectivity index (χ0v) is 23.6. The van der Waals surface area contributed by atoms with Crippen molar-refractivity contribution >= 4 is 34.4 Å². The summed E-state index contributed by atoms with van der Waals surface area (Å²) < 4.78 is 12.2. The Bertz CT molecular complexity index is 1600. The van der Waals surface area contributed by atoms with Crippen LogP contribution in [-0.4, -0.2) is 9.97 Å². The molecule has 0 spiro atoms. The van der Waals surface area contributed by atoms with Crippen molar-refractivity contribution in [3.05, 3.63) is 106 Å². The summed E-state index contributed by atoms with van der Waals surface area (Å²) >= 11 is 0. The molecule has 6 rings (SSSR count). The summed E-state index contributed by atoms with van der Waals surface area (Å²) in [6.07, 6.45) is 8.22. The topological polar surface area (TPSA) is 52.1 Å². The van der Waals surface area contributed by atoms with Crippen molar-refractivity contribution in [3.8, 4) is 22.9 Å². The molecule has 0 saturated carbocycles. The lowest BCUT2D eigenvalue weighted by atomic mass is 10.0. The van der Waals surface area contributed by atoms with Crippen LogP contribution in [0.5, 0.6) is 0 Å². The Hall–Kier alpha value is -4.44. The van der Waals surface area contributed by atoms with Crippen LogP contribution in [-0.2, 0) is 25.7 Å². The van der Waals surface area contributed by atoms with Crippen LogP contribution in [0.15, 0.2) is 81.6 Å². The molecule has 4 aromatic carbocycles. The van der Waals surface area contributed by atoms with Crippen molar-refractivity contribution in [2.75, 3.05) is 0 Å². The van der Waals surface area contributed by atoms with Crippen LogP contribution in [0.2, 0.25) is 0 Å². The van der Waals surface area contributed by atoms with Gasteiger partial charge in [0.05, 0.1) is 0 Å². The molecule has 6 aromatic rings. The number of fused-ring (bicyclic) bond motifs is 2. The van der Waals surface area contributed by atoms with Crippen LogP contribution in [0.3, 0.4) is 0 Å². The van der Waals surface area contributed by atoms with E-state index in [1.165, 1.54) is 22.3 Å². The first-order valence-corrected chi connectivity index (χ1v) is 14.3. The molecule has 2 heterocycles. The third-order valence-electron chi connectivity index (χ3n) is 7.73. The van der Waals surface area contributed by atoms with Gasteiger partial charge in [0.15, 0.2) is 11.2 Å². The number of aryl methyl sites for hydroxylation is 4. The number of nitrogens with zero attached hydrogens (tertiary/aromatic N) is 2. The molecular weight excluding hydrogens is 492 g/mol. The summed E-state index contributed by atoms with van der Waals surface area (Å²) in [5.41, 5.74) is 13.1. The van der Waals surface area contributed by atoms with E-state index in [1.807, 2.05) is 0 Å². The average Bonchev–Trinajstić information content (AvgIpc) is 3.62. The highest BCUT2D eigenvalue weighted by molar-refractivity contribution is 5.80. The lowest BCUT2D eigenvalue weighted by molar-refractivity contribution is 0.619. The molecule has 0 aliphatic carbocycles. The van der Waals surface area contributed by atoms with E-state index in [0.29, 0.717) is 11.8 Å². The first-order valence-electron chi connectivity index (χ1n) is 14.3. The van der Waals surface area contributed by atoms with E-state index in [9.17, 15) is 0 Å². The Kier molecular flexibility index (Phi) is 7.08. The summed E-state index contributed by atoms with van der Waals surface area (Å²) in [6, 6.07) is 25.3. The smallest absolute Gasteiger partial charge is 0.227 e. The summed E-state index contributed by atoms with van der Waals surface area (Å²) in [6.45, 7) is 8.73. The molecule has 0 amide bonds. The molecule has 40 heavy (non-hydrogen) atoms. The average molecular weight is 527 g/mol. The van der Waals surface area contributed by atoms with Crippen molar-refractivity contribution in [2.24, 2.45) is 0 Å². The predicted octanol–water partition coefficient (Wildman–Crippen LogP) is 9.72. The molecule has 200 valence electrons. The summed E-state index contributed by atoms with van der Waals surface area (Å²) in [4.78, 5) is 9.51. The van der Waals surface area contributed by atoms with Gasteiger partial charge in [-0.05, 0) is 108 Å². The van der Waals surface area contributed by atoms with Crippen LogP contribution in [0.25, 0.3) is 57.3 Å². The van der Waals surface area contributed by atoms with E-state index in [4.69, 9.17) is 18.8 Å². The van der Waals surface area contributed by atoms with Crippen molar-refractivity contribution in [2.45, 2.75) is 53.4 Å². The Morgan fingerprint density at radius 3 is 1.20 bits per heavy atom. The molecule has 4 nitrogen and oxygen atoms in total. The molecule has 0 fully saturated rings. The van der Waals surface area contributed by atoms with Crippen LogP contribution in [0.1, 0.15) is 61.1 Å². The summed E-state index contributed by atoms with van der Waals surface area (Å²) in [5.74, 6) is 1.32. The van der Waals surface area contributed by atoms with Gasteiger partial charge in [-0.15, -0.1) is 0 Å². The lowest BCUT2D eigenvalue weighted by Crippen LogP contribution is -1.90. The molecule has 0 radical (unpaired) electrons. The monoisotopic (exact) mass is 526 g/mol. The van der Waals surface area contributed by atoms with Crippen LogP contribution >= 0.6 is 0 Å². The SMILES string of the molecule is CCc1cc2nc(-c3ccc(/C=C/c4ccc(-c5nc6cc(CC)c(CC)cc6o5)cc4)cc3)oc2cc1CC. The minimum absolute atomic E-state index is 0.660. The molecule has 0 aliphatic heterocycles. The van der Waals surface area contributed by atoms with Gasteiger partial charge in [0.2, 0.25) is 11.8 Å². The van der Waals surface area contributed by atoms with Crippen molar-refractivity contribution in [3.63, 3.8) is 0 Å². The molecule has 0 N–H and O–H groups in total. The zero-order valence-electron chi connectivity index (χ0n) is 23.6. The molecule has 2 aromatic heterocycles. The minimum atomic E-state index is 0.660. The molecule has 0 aliphatic rings. The van der Waals surface area contributed by atoms with E-state index in [0.717, 1.165) is 70.1 Å². The number of rotatable bonds is 8. The highest BCUT2D eigenvalue weighted by Gasteiger charge is 2.12. The predicted molar refractivity (Wildman–Crippen MR) is 165 cm³/mol. The second-order valence-corrected chi connectivity index (χ2v) is 10.2. The molecule has 0 atom stereocenters. The Morgan fingerprint density at radius 1 is 0.500 bits per heavy atom. The standard InChI is InChI=1S/C36H34N2O2/c1-5-25-19-31-33(21-27(25)7-3)39-35(37-31)29-15-11-23(12-16-29)9-10-24-13-17-30(18-14-24)36-38-32-20-26(6-2)28(8-4)22-34(32)40-36/h9-22H,5-8H2,1-4H3/b10-9+. The van der Waals surface area contributed by atoms with Gasteiger partial charge in [0, 0.05) is 11.1 Å². The largest absolute Gasteiger partial charge is 0.436 e. The quantitative estimate of drug-likeness (QED) is 0.185. The highest BCUT2D eigenvalue weighted by atomic mass is 16.4. The Labute approximate surface area is 235 Å². The molecule has 0 unspecified atom stereocenters. The number of aromatic nitrogens is 2. The van der Waals surface area contributed by atoms with Gasteiger partial charge in [-0.3, -0.25) is 0 Å². The number of hydrogen-bond acceptors (Lipinski definition) is 4. The summed E-state index contributed by atoms with van der Waals surface area (Å²) in [5, 5.41) is 0. The third-order valence-corrected chi connectivity index (χ3v) is 7.73. The first kappa shape index (κ1) is 25.8. The minimum Gasteiger partial charge on any atom is -0.436 e. The summed E-state index contributed by atoms with van der Waals surface area (Å²) in [7, 11) is 0. The second-order valence-electron chi connectivity index (χ2n) is 10.2. The molecule has 0 bridgehead atoms. The van der Waals surface area contributed by atoms with Gasteiger partial charge < -0.3 is 8.83 Å². The van der Waals surface area contributed by atoms with E-state index < -0.39 is 0 Å². The van der Waals surface area contributed by atoms with Gasteiger partial charge in [-0.25, -0.2) is 9.97 Å². The van der Waals surface area contributed by atoms with Gasteiger partial charge in [0.25, 0.3) is 0 Å². The fraction of sp³-hybridized carbons (Fsp3) is 0.222. The van der Waals surface area contributed by atoms with Crippen LogP contribution < -0.4 is 0 Å². The fourth-order valence-electron chi connectivity index (χ4n) is 5.35. The van der Waals surface area contributed by atoms with Gasteiger partial charge in [-0.1, -0.05) is 64.1 Å². The normalized spacial score (nSPS) is 11.8. The van der Waals surface area contributed by atoms with Crippen molar-refractivity contribution in [1.82, 2.24) is 9.97 Å². The third kappa shape index (κ3) is 4.98. The maximum absolute atomic E-state index is 6.11. The van der Waals surface area contributed by atoms with Crippen molar-refractivity contribution in [1.29, 1.82) is 0 Å². The second kappa shape index (κ2) is 11.0. The number of hydrogen-bond donors (Lipinski definition) is 0. The lowest BCUT2D eigenvalue weighted by Gasteiger charge is -2.03. The molecule has 0 saturated heterocycles. The number of benzene rings is 4. The van der Waals surface area contributed by atoms with E-state index in [2.05, 4.69) is 113 Å². The maximum atomic E-state index is 6.11. The zero-order chi connectivity index (χ0) is 27.6. The molecular formula is C36H34N2O2. The van der Waals surface area contributed by atoms with Crippen LogP contribution in [0, 0.1) is 0 Å². The maximum Gasteiger partial charge on any atom is 0.227 e. The highest BCUT2D eigenvalue weighted by Crippen LogP contribution is 2.29. The van der Waals surface area contributed by atoms with Crippen LogP contribution in [0.4, 0.5) is 0 Å². The number of oxazole rings is 2. The first-order chi connectivity index (χ1) is 19.6. The van der Waals surface area contributed by atoms with E-state index in [1.54, 1.807) is 0 Å². The Morgan fingerprint density at radius 2 is 0.850 bits per heavy atom.